The minimum absolute atomic E-state index is 0.0991. The topological polar surface area (TPSA) is 91.0 Å². The molecule has 1 aliphatic heterocycles. The van der Waals surface area contributed by atoms with Gasteiger partial charge in [-0.05, 0) is 41.5 Å². The maximum atomic E-state index is 13.0. The largest absolute Gasteiger partial charge is 0.339 e. The first-order valence-electron chi connectivity index (χ1n) is 9.73. The van der Waals surface area contributed by atoms with Gasteiger partial charge in [-0.3, -0.25) is 19.6 Å². The van der Waals surface area contributed by atoms with Crippen molar-refractivity contribution < 1.29 is 9.59 Å². The van der Waals surface area contributed by atoms with Crippen LogP contribution >= 0.6 is 0 Å². The van der Waals surface area contributed by atoms with E-state index in [9.17, 15) is 9.59 Å². The summed E-state index contributed by atoms with van der Waals surface area (Å²) in [5.41, 5.74) is 3.36. The Kier molecular flexibility index (Phi) is 4.16. The van der Waals surface area contributed by atoms with Crippen LogP contribution in [0.5, 0.6) is 0 Å². The molecule has 2 amide bonds. The molecule has 7 heteroatoms. The third kappa shape index (κ3) is 3.18. The lowest BCUT2D eigenvalue weighted by molar-refractivity contribution is -0.120. The van der Waals surface area contributed by atoms with Gasteiger partial charge in [0.1, 0.15) is 17.6 Å². The predicted molar refractivity (Wildman–Crippen MR) is 108 cm³/mol. The number of H-pyrrole nitrogens is 1. The van der Waals surface area contributed by atoms with Crippen molar-refractivity contribution in [2.75, 3.05) is 11.9 Å². The number of hydrogen-bond acceptors (Lipinski definition) is 4. The fourth-order valence-corrected chi connectivity index (χ4v) is 4.18. The summed E-state index contributed by atoms with van der Waals surface area (Å²) in [7, 11) is 1.71. The van der Waals surface area contributed by atoms with E-state index in [2.05, 4.69) is 20.5 Å². The zero-order chi connectivity index (χ0) is 20.0. The summed E-state index contributed by atoms with van der Waals surface area (Å²) >= 11 is 0. The van der Waals surface area contributed by atoms with E-state index in [1.165, 1.54) is 0 Å². The summed E-state index contributed by atoms with van der Waals surface area (Å²) in [4.78, 5) is 31.7. The molecule has 5 rings (SSSR count). The molecule has 1 saturated carbocycles. The number of carbonyl (C=O) groups excluding carboxylic acids is 2. The van der Waals surface area contributed by atoms with Gasteiger partial charge in [-0.15, -0.1) is 0 Å². The second kappa shape index (κ2) is 6.84. The first kappa shape index (κ1) is 17.6. The molecular formula is C22H21N5O2. The van der Waals surface area contributed by atoms with Crippen LogP contribution in [0.2, 0.25) is 0 Å². The number of amides is 2. The van der Waals surface area contributed by atoms with Crippen LogP contribution in [0, 0.1) is 5.92 Å². The van der Waals surface area contributed by atoms with Gasteiger partial charge in [0.05, 0.1) is 0 Å². The van der Waals surface area contributed by atoms with E-state index in [0.29, 0.717) is 17.9 Å². The molecule has 3 heterocycles. The fraction of sp³-hybridized carbons (Fsp3) is 0.273. The van der Waals surface area contributed by atoms with Crippen LogP contribution in [0.15, 0.2) is 54.7 Å². The summed E-state index contributed by atoms with van der Waals surface area (Å²) in [5.74, 6) is 0.569. The van der Waals surface area contributed by atoms with Crippen molar-refractivity contribution in [2.45, 2.75) is 24.8 Å². The maximum absolute atomic E-state index is 13.0. The average molecular weight is 387 g/mol. The number of nitrogens with zero attached hydrogens (tertiary/aromatic N) is 3. The molecule has 1 unspecified atom stereocenters. The summed E-state index contributed by atoms with van der Waals surface area (Å²) < 4.78 is 0. The van der Waals surface area contributed by atoms with Crippen molar-refractivity contribution in [3.05, 3.63) is 77.2 Å². The van der Waals surface area contributed by atoms with Crippen molar-refractivity contribution in [2.24, 2.45) is 5.92 Å². The highest BCUT2D eigenvalue weighted by atomic mass is 16.2. The second-order valence-electron chi connectivity index (χ2n) is 7.71. The Morgan fingerprint density at radius 2 is 2.07 bits per heavy atom. The fourth-order valence-electron chi connectivity index (χ4n) is 4.18. The van der Waals surface area contributed by atoms with Crippen LogP contribution in [0.1, 0.15) is 39.6 Å². The highest BCUT2D eigenvalue weighted by Crippen LogP contribution is 2.53. The molecule has 3 atom stereocenters. The Hall–Kier alpha value is -3.48. The lowest BCUT2D eigenvalue weighted by Crippen LogP contribution is -2.48. The number of pyridine rings is 1. The van der Waals surface area contributed by atoms with Crippen molar-refractivity contribution in [3.8, 4) is 0 Å². The van der Waals surface area contributed by atoms with Crippen molar-refractivity contribution in [1.29, 1.82) is 0 Å². The molecule has 3 aromatic rings. The van der Waals surface area contributed by atoms with Crippen LogP contribution in [-0.4, -0.2) is 40.1 Å². The van der Waals surface area contributed by atoms with E-state index in [4.69, 9.17) is 0 Å². The van der Waals surface area contributed by atoms with Crippen molar-refractivity contribution >= 4 is 17.6 Å². The van der Waals surface area contributed by atoms with Crippen LogP contribution in [0.3, 0.4) is 0 Å². The van der Waals surface area contributed by atoms with Crippen LogP contribution < -0.4 is 10.2 Å². The van der Waals surface area contributed by atoms with Gasteiger partial charge < -0.3 is 5.32 Å². The minimum atomic E-state index is -0.569. The average Bonchev–Trinajstić information content (AvgIpc) is 3.41. The highest BCUT2D eigenvalue weighted by Gasteiger charge is 2.52. The number of anilines is 1. The van der Waals surface area contributed by atoms with E-state index in [0.717, 1.165) is 23.2 Å². The van der Waals surface area contributed by atoms with Gasteiger partial charge in [-0.2, -0.15) is 5.10 Å². The van der Waals surface area contributed by atoms with Gasteiger partial charge >= 0.3 is 0 Å². The maximum Gasteiger partial charge on any atom is 0.272 e. The van der Waals surface area contributed by atoms with Gasteiger partial charge in [-0.25, -0.2) is 4.98 Å². The normalized spacial score (nSPS) is 22.4. The van der Waals surface area contributed by atoms with Crippen LogP contribution in [-0.2, 0) is 11.2 Å². The smallest absolute Gasteiger partial charge is 0.272 e. The van der Waals surface area contributed by atoms with Gasteiger partial charge in [0.25, 0.3) is 11.8 Å². The van der Waals surface area contributed by atoms with Gasteiger partial charge in [0, 0.05) is 25.4 Å². The molecular weight excluding hydrogens is 366 g/mol. The van der Waals surface area contributed by atoms with E-state index in [1.807, 2.05) is 42.5 Å². The molecule has 7 nitrogen and oxygen atoms in total. The van der Waals surface area contributed by atoms with Gasteiger partial charge in [-0.1, -0.05) is 36.4 Å². The number of benzene rings is 1. The molecule has 1 aliphatic carbocycles. The van der Waals surface area contributed by atoms with Gasteiger partial charge in [0.2, 0.25) is 0 Å². The number of likely N-dealkylation sites (N-methyl/N-ethyl adjacent to an activating group) is 1. The Morgan fingerprint density at radius 3 is 2.90 bits per heavy atom. The summed E-state index contributed by atoms with van der Waals surface area (Å²) in [6.07, 6.45) is 3.23. The lowest BCUT2D eigenvalue weighted by atomic mass is 10.1. The first-order chi connectivity index (χ1) is 14.1. The number of carbonyl (C=O) groups is 2. The minimum Gasteiger partial charge on any atom is -0.339 e. The number of aromatic amines is 1. The van der Waals surface area contributed by atoms with E-state index < -0.39 is 6.04 Å². The molecule has 29 heavy (non-hydrogen) atoms. The number of rotatable bonds is 4. The Labute approximate surface area is 168 Å². The van der Waals surface area contributed by atoms with E-state index in [-0.39, 0.29) is 23.7 Å². The summed E-state index contributed by atoms with van der Waals surface area (Å²) in [6, 6.07) is 15.1. The number of aromatic nitrogens is 3. The number of hydrogen-bond donors (Lipinski definition) is 2. The third-order valence-corrected chi connectivity index (χ3v) is 5.79. The molecule has 0 spiro atoms. The van der Waals surface area contributed by atoms with Crippen LogP contribution in [0.4, 0.5) is 5.82 Å². The molecule has 2 aromatic heterocycles. The quantitative estimate of drug-likeness (QED) is 0.719. The van der Waals surface area contributed by atoms with Crippen molar-refractivity contribution in [3.63, 3.8) is 0 Å². The standard InChI is InChI=1S/C22H21N5O2/c1-27-20-15(8-5-9-23-20)16-12-17(16)19(22(27)29)24-21(28)18-11-14(25-26-18)10-13-6-3-2-4-7-13/h2-9,11,16-17,19H,10,12H2,1H3,(H,24,28)(H,25,26)/t16?,17-,19-/m0/s1. The third-order valence-electron chi connectivity index (χ3n) is 5.79. The van der Waals surface area contributed by atoms with E-state index in [1.54, 1.807) is 24.2 Å². The SMILES string of the molecule is CN1C(=O)[C@@H](NC(=O)c2cc(Cc3ccccc3)[nH]n2)[C@H]2CC2c2cccnc21. The molecule has 2 aliphatic rings. The Balaban J connectivity index is 1.32. The zero-order valence-electron chi connectivity index (χ0n) is 16.0. The van der Waals surface area contributed by atoms with Crippen molar-refractivity contribution in [1.82, 2.24) is 20.5 Å². The summed E-state index contributed by atoms with van der Waals surface area (Å²) in [6.45, 7) is 0. The second-order valence-corrected chi connectivity index (χ2v) is 7.71. The first-order valence-corrected chi connectivity index (χ1v) is 9.73. The van der Waals surface area contributed by atoms with Gasteiger partial charge in [0.15, 0.2) is 0 Å². The summed E-state index contributed by atoms with van der Waals surface area (Å²) in [5, 5.41) is 9.99. The Bertz CT molecular complexity index is 1080. The van der Waals surface area contributed by atoms with Crippen LogP contribution in [0.25, 0.3) is 0 Å². The molecule has 146 valence electrons. The molecule has 0 bridgehead atoms. The Morgan fingerprint density at radius 1 is 1.24 bits per heavy atom. The molecule has 1 fully saturated rings. The zero-order valence-corrected chi connectivity index (χ0v) is 16.0. The molecule has 1 aromatic carbocycles. The number of nitrogens with one attached hydrogen (secondary N) is 2. The highest BCUT2D eigenvalue weighted by molar-refractivity contribution is 6.02. The molecule has 0 saturated heterocycles. The molecule has 0 radical (unpaired) electrons. The lowest BCUT2D eigenvalue weighted by Gasteiger charge is -2.22. The predicted octanol–water partition coefficient (Wildman–Crippen LogP) is 2.27. The molecule has 2 N–H and O–H groups in total. The number of fused-ring (bicyclic) bond motifs is 3. The monoisotopic (exact) mass is 387 g/mol. The van der Waals surface area contributed by atoms with E-state index >= 15 is 0 Å².